The minimum absolute atomic E-state index is 0.0910. The second-order valence-corrected chi connectivity index (χ2v) is 8.03. The first-order chi connectivity index (χ1) is 4.83. The largest absolute Gasteiger partial charge is 0.314 e. The Morgan fingerprint density at radius 1 is 1.70 bits per heavy atom. The van der Waals surface area contributed by atoms with Gasteiger partial charge in [-0.05, 0) is 19.6 Å². The van der Waals surface area contributed by atoms with Crippen LogP contribution in [0.25, 0.3) is 0 Å². The van der Waals surface area contributed by atoms with Gasteiger partial charge < -0.3 is 3.87 Å². The lowest BCUT2D eigenvalue weighted by Crippen LogP contribution is -2.29. The van der Waals surface area contributed by atoms with Gasteiger partial charge in [0.2, 0.25) is 14.3 Å². The van der Waals surface area contributed by atoms with Crippen LogP contribution in [0.3, 0.4) is 0 Å². The van der Waals surface area contributed by atoms with Gasteiger partial charge >= 0.3 is 0 Å². The normalized spacial score (nSPS) is 14.9. The molecule has 0 fully saturated rings. The molecule has 0 aromatic carbocycles. The second kappa shape index (κ2) is 2.98. The van der Waals surface area contributed by atoms with E-state index in [1.54, 1.807) is 13.1 Å². The van der Waals surface area contributed by atoms with Crippen LogP contribution in [0.15, 0.2) is 0 Å². The third kappa shape index (κ3) is 4.89. The molecule has 62 valence electrons. The molecule has 0 saturated carbocycles. The fraction of sp³-hybridized carbons (Fsp3) is 1.00. The average molecular weight is 188 g/mol. The summed E-state index contributed by atoms with van der Waals surface area (Å²) in [5.41, 5.74) is 0. The Morgan fingerprint density at radius 2 is 2.20 bits per heavy atom. The van der Waals surface area contributed by atoms with Gasteiger partial charge in [-0.1, -0.05) is 0 Å². The molecule has 3 nitrogen and oxygen atoms in total. The molecule has 0 unspecified atom stereocenters. The molecule has 0 spiro atoms. The first-order valence-electron chi connectivity index (χ1n) is 3.32. The zero-order chi connectivity index (χ0) is 9.12. The van der Waals surface area contributed by atoms with E-state index in [1.165, 1.54) is 0 Å². The van der Waals surface area contributed by atoms with Gasteiger partial charge in [-0.3, -0.25) is 0 Å². The van der Waals surface area contributed by atoms with E-state index in [0.717, 1.165) is 0 Å². The quantitative estimate of drug-likeness (QED) is 0.623. The maximum Gasteiger partial charge on any atom is 0.287 e. The molecule has 0 radical (unpaired) electrons. The molecule has 0 heterocycles. The Kier molecular flexibility index (Phi) is 2.43. The van der Waals surface area contributed by atoms with E-state index in [4.69, 9.17) is 1.37 Å². The molecule has 0 aliphatic carbocycles. The van der Waals surface area contributed by atoms with E-state index in [2.05, 4.69) is 3.87 Å². The highest BCUT2D eigenvalue weighted by Crippen LogP contribution is 2.08. The fourth-order valence-corrected chi connectivity index (χ4v) is 3.29. The first-order valence-corrected chi connectivity index (χ1v) is 7.31. The van der Waals surface area contributed by atoms with E-state index < -0.39 is 24.4 Å². The molecule has 0 rings (SSSR count). The van der Waals surface area contributed by atoms with Crippen molar-refractivity contribution in [1.29, 1.82) is 0 Å². The molecule has 0 N–H and O–H groups in total. The summed E-state index contributed by atoms with van der Waals surface area (Å²) in [6.45, 7) is 3.01. The van der Waals surface area contributed by atoms with Crippen molar-refractivity contribution in [2.45, 2.75) is 19.6 Å². The summed E-state index contributed by atoms with van der Waals surface area (Å²) >= 11 is 0. The minimum atomic E-state index is -4.01. The van der Waals surface area contributed by atoms with Crippen LogP contribution >= 0.6 is 0 Å². The van der Waals surface area contributed by atoms with Gasteiger partial charge in [-0.25, -0.2) is 4.39 Å². The van der Waals surface area contributed by atoms with E-state index in [1.807, 2.05) is 0 Å². The molecule has 0 aliphatic rings. The van der Waals surface area contributed by atoms with Gasteiger partial charge in [0.1, 0.15) is 0 Å². The third-order valence-electron chi connectivity index (χ3n) is 0.486. The number of hydrogen-bond acceptors (Lipinski definition) is 3. The summed E-state index contributed by atoms with van der Waals surface area (Å²) in [6.07, 6.45) is 0. The van der Waals surface area contributed by atoms with Crippen molar-refractivity contribution in [2.24, 2.45) is 0 Å². The zero-order valence-corrected chi connectivity index (χ0v) is 7.74. The first kappa shape index (κ1) is 8.16. The van der Waals surface area contributed by atoms with E-state index in [0.29, 0.717) is 0 Å². The Hall–Kier alpha value is 0.0569. The molecule has 10 heavy (non-hydrogen) atoms. The van der Waals surface area contributed by atoms with Gasteiger partial charge in [0.15, 0.2) is 0 Å². The molecule has 0 atom stereocenters. The molecule has 0 saturated heterocycles. The highest BCUT2D eigenvalue weighted by atomic mass is 32.2. The van der Waals surface area contributed by atoms with Crippen molar-refractivity contribution in [3.05, 3.63) is 0 Å². The highest BCUT2D eigenvalue weighted by molar-refractivity contribution is 7.87. The summed E-state index contributed by atoms with van der Waals surface area (Å²) < 4.78 is 44.1. The SMILES string of the molecule is [3H]C[Si](C)(C)OS(=O)(=O)CF. The Bertz CT molecular complexity index is 215. The van der Waals surface area contributed by atoms with Crippen molar-refractivity contribution in [3.8, 4) is 0 Å². The summed E-state index contributed by atoms with van der Waals surface area (Å²) in [5, 5.41) is 0. The van der Waals surface area contributed by atoms with Gasteiger partial charge in [0.05, 0.1) is 0 Å². The van der Waals surface area contributed by atoms with Crippen LogP contribution in [-0.2, 0) is 14.0 Å². The van der Waals surface area contributed by atoms with Crippen LogP contribution in [0.4, 0.5) is 4.39 Å². The summed E-state index contributed by atoms with van der Waals surface area (Å²) in [4.78, 5) is 0. The van der Waals surface area contributed by atoms with Crippen LogP contribution in [0.5, 0.6) is 0 Å². The van der Waals surface area contributed by atoms with Crippen LogP contribution in [0, 0.1) is 0 Å². The van der Waals surface area contributed by atoms with E-state index in [-0.39, 0.29) is 6.52 Å². The maximum atomic E-state index is 11.7. The lowest BCUT2D eigenvalue weighted by Gasteiger charge is -2.14. The fourth-order valence-electron chi connectivity index (χ4n) is 0.366. The summed E-state index contributed by atoms with van der Waals surface area (Å²) in [6, 6.07) is -1.51. The predicted molar refractivity (Wildman–Crippen MR) is 39.3 cm³/mol. The van der Waals surface area contributed by atoms with Gasteiger partial charge in [-0.2, -0.15) is 8.42 Å². The molecule has 0 aliphatic heterocycles. The van der Waals surface area contributed by atoms with Crippen molar-refractivity contribution < 1.29 is 18.1 Å². The van der Waals surface area contributed by atoms with E-state index >= 15 is 0 Å². The zero-order valence-electron chi connectivity index (χ0n) is 6.93. The van der Waals surface area contributed by atoms with Crippen LogP contribution in [0.2, 0.25) is 19.6 Å². The average Bonchev–Trinajstić information content (AvgIpc) is 1.86. The number of halogens is 1. The third-order valence-corrected chi connectivity index (χ3v) is 3.57. The Labute approximate surface area is 62.9 Å². The van der Waals surface area contributed by atoms with E-state index in [9.17, 15) is 12.8 Å². The molecular formula is C4H11FO3SSi. The van der Waals surface area contributed by atoms with Crippen LogP contribution < -0.4 is 0 Å². The molecule has 6 heteroatoms. The van der Waals surface area contributed by atoms with Crippen LogP contribution in [-0.4, -0.2) is 22.7 Å². The van der Waals surface area contributed by atoms with Crippen molar-refractivity contribution in [3.63, 3.8) is 0 Å². The molecule has 0 bridgehead atoms. The lowest BCUT2D eigenvalue weighted by molar-refractivity contribution is 0.450. The number of alkyl halides is 1. The van der Waals surface area contributed by atoms with Gasteiger partial charge in [0, 0.05) is 1.37 Å². The monoisotopic (exact) mass is 188 g/mol. The molecule has 0 aromatic heterocycles. The number of rotatable bonds is 3. The summed E-state index contributed by atoms with van der Waals surface area (Å²) in [5.74, 6) is 0. The van der Waals surface area contributed by atoms with Crippen LogP contribution in [0.1, 0.15) is 1.37 Å². The molecule has 0 amide bonds. The smallest absolute Gasteiger partial charge is 0.287 e. The maximum absolute atomic E-state index is 11.7. The van der Waals surface area contributed by atoms with Crippen molar-refractivity contribution in [2.75, 3.05) is 6.01 Å². The standard InChI is InChI=1S/C4H11FO3SSi/c1-10(2,3)8-9(6,7)4-5/h4H2,1-3H3/i1T. The minimum Gasteiger partial charge on any atom is -0.314 e. The molecular weight excluding hydrogens is 175 g/mol. The Morgan fingerprint density at radius 3 is 2.50 bits per heavy atom. The van der Waals surface area contributed by atoms with Gasteiger partial charge in [0.25, 0.3) is 10.1 Å². The number of hydrogen-bond donors (Lipinski definition) is 0. The highest BCUT2D eigenvalue weighted by Gasteiger charge is 2.23. The molecule has 0 aromatic rings. The van der Waals surface area contributed by atoms with Crippen molar-refractivity contribution >= 4 is 18.4 Å². The van der Waals surface area contributed by atoms with Gasteiger partial charge in [-0.15, -0.1) is 0 Å². The lowest BCUT2D eigenvalue weighted by atomic mass is 11.8. The second-order valence-electron chi connectivity index (χ2n) is 2.51. The summed E-state index contributed by atoms with van der Waals surface area (Å²) in [7, 11) is -6.51. The Balaban J connectivity index is 4.26. The van der Waals surface area contributed by atoms with Crippen molar-refractivity contribution in [1.82, 2.24) is 0 Å². The predicted octanol–water partition coefficient (Wildman–Crippen LogP) is 1.09. The topological polar surface area (TPSA) is 43.4 Å².